The molecule has 6 heteroatoms. The molecule has 0 saturated heterocycles. The summed E-state index contributed by atoms with van der Waals surface area (Å²) in [4.78, 5) is 0. The Morgan fingerprint density at radius 2 is 2.21 bits per heavy atom. The minimum absolute atomic E-state index is 0.318. The van der Waals surface area contributed by atoms with Gasteiger partial charge in [-0.15, -0.1) is 10.2 Å². The molecule has 0 saturated carbocycles. The molecule has 0 aliphatic carbocycles. The van der Waals surface area contributed by atoms with Gasteiger partial charge in [0.1, 0.15) is 12.2 Å². The molecule has 2 aromatic rings. The van der Waals surface area contributed by atoms with E-state index in [-0.39, 0.29) is 0 Å². The summed E-state index contributed by atoms with van der Waals surface area (Å²) in [5.74, 6) is 2.63. The second kappa shape index (κ2) is 5.27. The molecule has 0 spiro atoms. The lowest BCUT2D eigenvalue weighted by Gasteiger charge is -2.05. The lowest BCUT2D eigenvalue weighted by Crippen LogP contribution is -2.18. The molecule has 0 amide bonds. The van der Waals surface area contributed by atoms with Crippen LogP contribution in [0.4, 0.5) is 0 Å². The Labute approximate surface area is 111 Å². The van der Waals surface area contributed by atoms with Crippen molar-refractivity contribution in [3.63, 3.8) is 0 Å². The minimum Gasteiger partial charge on any atom is -0.454 e. The normalized spacial score (nSPS) is 12.9. The SMILES string of the molecule is Cn1cnnc1CCNCc1ccc2c(c1)OCO2. The van der Waals surface area contributed by atoms with Crippen LogP contribution in [0.15, 0.2) is 24.5 Å². The Morgan fingerprint density at radius 3 is 3.05 bits per heavy atom. The molecule has 0 unspecified atom stereocenters. The average molecular weight is 260 g/mol. The van der Waals surface area contributed by atoms with Crippen LogP contribution in [0.25, 0.3) is 0 Å². The summed E-state index contributed by atoms with van der Waals surface area (Å²) in [5, 5.41) is 11.3. The van der Waals surface area contributed by atoms with E-state index in [1.165, 1.54) is 5.56 Å². The van der Waals surface area contributed by atoms with Crippen molar-refractivity contribution in [2.45, 2.75) is 13.0 Å². The van der Waals surface area contributed by atoms with Crippen LogP contribution < -0.4 is 14.8 Å². The zero-order valence-corrected chi connectivity index (χ0v) is 10.8. The summed E-state index contributed by atoms with van der Waals surface area (Å²) in [6, 6.07) is 6.00. The highest BCUT2D eigenvalue weighted by Gasteiger charge is 2.12. The number of nitrogens with one attached hydrogen (secondary N) is 1. The van der Waals surface area contributed by atoms with Crippen molar-refractivity contribution in [3.05, 3.63) is 35.9 Å². The number of ether oxygens (including phenoxy) is 2. The predicted octanol–water partition coefficient (Wildman–Crippen LogP) is 0.876. The van der Waals surface area contributed by atoms with Gasteiger partial charge in [-0.05, 0) is 17.7 Å². The maximum atomic E-state index is 5.35. The van der Waals surface area contributed by atoms with Crippen LogP contribution in [0.5, 0.6) is 11.5 Å². The Morgan fingerprint density at radius 1 is 1.32 bits per heavy atom. The zero-order chi connectivity index (χ0) is 13.1. The van der Waals surface area contributed by atoms with Gasteiger partial charge in [-0.3, -0.25) is 0 Å². The first-order valence-corrected chi connectivity index (χ1v) is 6.25. The molecule has 1 aromatic carbocycles. The lowest BCUT2D eigenvalue weighted by atomic mass is 10.2. The molecule has 19 heavy (non-hydrogen) atoms. The Balaban J connectivity index is 1.49. The fraction of sp³-hybridized carbons (Fsp3) is 0.385. The van der Waals surface area contributed by atoms with Gasteiger partial charge in [0.05, 0.1) is 0 Å². The van der Waals surface area contributed by atoms with Crippen LogP contribution in [0.3, 0.4) is 0 Å². The lowest BCUT2D eigenvalue weighted by molar-refractivity contribution is 0.174. The van der Waals surface area contributed by atoms with Gasteiger partial charge in [0.15, 0.2) is 11.5 Å². The van der Waals surface area contributed by atoms with Crippen LogP contribution in [-0.4, -0.2) is 28.1 Å². The topological polar surface area (TPSA) is 61.2 Å². The molecule has 3 rings (SSSR count). The van der Waals surface area contributed by atoms with Crippen molar-refractivity contribution in [3.8, 4) is 11.5 Å². The molecule has 1 aromatic heterocycles. The number of aryl methyl sites for hydroxylation is 1. The minimum atomic E-state index is 0.318. The maximum Gasteiger partial charge on any atom is 0.231 e. The summed E-state index contributed by atoms with van der Waals surface area (Å²) in [6.45, 7) is 1.98. The van der Waals surface area contributed by atoms with Gasteiger partial charge < -0.3 is 19.4 Å². The van der Waals surface area contributed by atoms with Gasteiger partial charge in [0.2, 0.25) is 6.79 Å². The second-order valence-electron chi connectivity index (χ2n) is 4.47. The van der Waals surface area contributed by atoms with E-state index in [1.54, 1.807) is 6.33 Å². The summed E-state index contributed by atoms with van der Waals surface area (Å²) in [6.07, 6.45) is 2.58. The zero-order valence-electron chi connectivity index (χ0n) is 10.8. The smallest absolute Gasteiger partial charge is 0.231 e. The average Bonchev–Trinajstić information content (AvgIpc) is 3.03. The monoisotopic (exact) mass is 260 g/mol. The fourth-order valence-corrected chi connectivity index (χ4v) is 2.02. The molecule has 100 valence electrons. The van der Waals surface area contributed by atoms with E-state index in [4.69, 9.17) is 9.47 Å². The van der Waals surface area contributed by atoms with Crippen molar-refractivity contribution in [1.82, 2.24) is 20.1 Å². The first-order valence-electron chi connectivity index (χ1n) is 6.25. The molecule has 1 aliphatic heterocycles. The van der Waals surface area contributed by atoms with Crippen LogP contribution in [0.1, 0.15) is 11.4 Å². The van der Waals surface area contributed by atoms with E-state index in [0.29, 0.717) is 6.79 Å². The third-order valence-electron chi connectivity index (χ3n) is 3.10. The first-order chi connectivity index (χ1) is 9.33. The Hall–Kier alpha value is -2.08. The van der Waals surface area contributed by atoms with Gasteiger partial charge in [-0.1, -0.05) is 6.07 Å². The van der Waals surface area contributed by atoms with E-state index in [0.717, 1.165) is 36.8 Å². The molecule has 0 bridgehead atoms. The molecular formula is C13H16N4O2. The number of fused-ring (bicyclic) bond motifs is 1. The number of rotatable bonds is 5. The maximum absolute atomic E-state index is 5.35. The highest BCUT2D eigenvalue weighted by molar-refractivity contribution is 5.44. The van der Waals surface area contributed by atoms with Gasteiger partial charge in [-0.25, -0.2) is 0 Å². The summed E-state index contributed by atoms with van der Waals surface area (Å²) in [5.41, 5.74) is 1.18. The highest BCUT2D eigenvalue weighted by atomic mass is 16.7. The van der Waals surface area contributed by atoms with Crippen molar-refractivity contribution < 1.29 is 9.47 Å². The molecule has 2 heterocycles. The third-order valence-corrected chi connectivity index (χ3v) is 3.10. The summed E-state index contributed by atoms with van der Waals surface area (Å²) < 4.78 is 12.6. The van der Waals surface area contributed by atoms with Gasteiger partial charge in [-0.2, -0.15) is 0 Å². The van der Waals surface area contributed by atoms with E-state index in [9.17, 15) is 0 Å². The van der Waals surface area contributed by atoms with Crippen LogP contribution in [-0.2, 0) is 20.0 Å². The van der Waals surface area contributed by atoms with E-state index >= 15 is 0 Å². The van der Waals surface area contributed by atoms with E-state index < -0.39 is 0 Å². The first kappa shape index (κ1) is 12.0. The molecular weight excluding hydrogens is 244 g/mol. The third kappa shape index (κ3) is 2.68. The number of hydrogen-bond acceptors (Lipinski definition) is 5. The van der Waals surface area contributed by atoms with Crippen LogP contribution >= 0.6 is 0 Å². The van der Waals surface area contributed by atoms with Gasteiger partial charge in [0.25, 0.3) is 0 Å². The van der Waals surface area contributed by atoms with Crippen molar-refractivity contribution in [2.75, 3.05) is 13.3 Å². The summed E-state index contributed by atoms with van der Waals surface area (Å²) in [7, 11) is 1.95. The van der Waals surface area contributed by atoms with E-state index in [2.05, 4.69) is 15.5 Å². The van der Waals surface area contributed by atoms with Gasteiger partial charge in [0, 0.05) is 26.6 Å². The molecule has 6 nitrogen and oxygen atoms in total. The molecule has 0 fully saturated rings. The molecule has 1 aliphatic rings. The molecule has 1 N–H and O–H groups in total. The number of hydrogen-bond donors (Lipinski definition) is 1. The van der Waals surface area contributed by atoms with E-state index in [1.807, 2.05) is 29.8 Å². The molecule has 0 atom stereocenters. The Kier molecular flexibility index (Phi) is 3.33. The standard InChI is InChI=1S/C13H16N4O2/c1-17-8-15-16-13(17)4-5-14-7-10-2-3-11-12(6-10)19-9-18-11/h2-3,6,8,14H,4-5,7,9H2,1H3. The van der Waals surface area contributed by atoms with Gasteiger partial charge >= 0.3 is 0 Å². The van der Waals surface area contributed by atoms with Crippen molar-refractivity contribution in [1.29, 1.82) is 0 Å². The van der Waals surface area contributed by atoms with Crippen molar-refractivity contribution >= 4 is 0 Å². The number of nitrogens with zero attached hydrogens (tertiary/aromatic N) is 3. The largest absolute Gasteiger partial charge is 0.454 e. The summed E-state index contributed by atoms with van der Waals surface area (Å²) >= 11 is 0. The fourth-order valence-electron chi connectivity index (χ4n) is 2.02. The highest BCUT2D eigenvalue weighted by Crippen LogP contribution is 2.32. The number of aromatic nitrogens is 3. The van der Waals surface area contributed by atoms with Crippen LogP contribution in [0, 0.1) is 0 Å². The van der Waals surface area contributed by atoms with Crippen LogP contribution in [0.2, 0.25) is 0 Å². The predicted molar refractivity (Wildman–Crippen MR) is 69.0 cm³/mol. The molecule has 0 radical (unpaired) electrons. The quantitative estimate of drug-likeness (QED) is 0.808. The second-order valence-corrected chi connectivity index (χ2v) is 4.47. The Bertz CT molecular complexity index is 568. The number of benzene rings is 1. The van der Waals surface area contributed by atoms with Crippen molar-refractivity contribution in [2.24, 2.45) is 7.05 Å².